The van der Waals surface area contributed by atoms with E-state index in [-0.39, 0.29) is 11.8 Å². The van der Waals surface area contributed by atoms with Gasteiger partial charge in [0.15, 0.2) is 5.96 Å². The van der Waals surface area contributed by atoms with Gasteiger partial charge in [-0.3, -0.25) is 9.79 Å². The lowest BCUT2D eigenvalue weighted by molar-refractivity contribution is -0.123. The SMILES string of the molecule is CCNC(=NCCc1ccc(Cl)nc1)NCCNC(=O)C(C)C. The van der Waals surface area contributed by atoms with E-state index >= 15 is 0 Å². The average molecular weight is 340 g/mol. The van der Waals surface area contributed by atoms with Gasteiger partial charge in [-0.25, -0.2) is 4.98 Å². The molecule has 0 bridgehead atoms. The first-order chi connectivity index (χ1) is 11.0. The van der Waals surface area contributed by atoms with E-state index < -0.39 is 0 Å². The van der Waals surface area contributed by atoms with Crippen molar-refractivity contribution >= 4 is 23.5 Å². The van der Waals surface area contributed by atoms with Crippen molar-refractivity contribution in [3.63, 3.8) is 0 Å². The van der Waals surface area contributed by atoms with Crippen molar-refractivity contribution in [2.45, 2.75) is 27.2 Å². The molecule has 0 atom stereocenters. The zero-order valence-electron chi connectivity index (χ0n) is 14.0. The zero-order valence-corrected chi connectivity index (χ0v) is 14.8. The van der Waals surface area contributed by atoms with Crippen molar-refractivity contribution in [2.75, 3.05) is 26.2 Å². The van der Waals surface area contributed by atoms with Gasteiger partial charge in [-0.1, -0.05) is 31.5 Å². The summed E-state index contributed by atoms with van der Waals surface area (Å²) in [5.74, 6) is 0.807. The maximum atomic E-state index is 11.5. The number of pyridine rings is 1. The standard InChI is InChI=1S/C16H26ClN5O/c1-4-18-16(21-10-9-19-15(23)12(2)3)20-8-7-13-5-6-14(17)22-11-13/h5-6,11-12H,4,7-10H2,1-3H3,(H,19,23)(H2,18,20,21). The minimum absolute atomic E-state index is 0.00453. The molecule has 0 saturated carbocycles. The molecule has 0 fully saturated rings. The molecule has 0 aliphatic carbocycles. The van der Waals surface area contributed by atoms with Crippen LogP contribution < -0.4 is 16.0 Å². The van der Waals surface area contributed by atoms with Crippen LogP contribution in [0.15, 0.2) is 23.3 Å². The number of nitrogens with one attached hydrogen (secondary N) is 3. The lowest BCUT2D eigenvalue weighted by Gasteiger charge is -2.12. The molecule has 1 rings (SSSR count). The van der Waals surface area contributed by atoms with Crippen LogP contribution in [0.5, 0.6) is 0 Å². The summed E-state index contributed by atoms with van der Waals surface area (Å²) in [6.45, 7) is 8.40. The summed E-state index contributed by atoms with van der Waals surface area (Å²) >= 11 is 5.76. The Bertz CT molecular complexity index is 502. The second-order valence-electron chi connectivity index (χ2n) is 5.37. The second-order valence-corrected chi connectivity index (χ2v) is 5.76. The van der Waals surface area contributed by atoms with Gasteiger partial charge in [-0.05, 0) is 25.0 Å². The highest BCUT2D eigenvalue weighted by Gasteiger charge is 2.05. The van der Waals surface area contributed by atoms with Crippen molar-refractivity contribution in [1.82, 2.24) is 20.9 Å². The fourth-order valence-electron chi connectivity index (χ4n) is 1.76. The van der Waals surface area contributed by atoms with Crippen LogP contribution in [-0.2, 0) is 11.2 Å². The molecular weight excluding hydrogens is 314 g/mol. The number of carbonyl (C=O) groups is 1. The van der Waals surface area contributed by atoms with Crippen LogP contribution in [0.3, 0.4) is 0 Å². The van der Waals surface area contributed by atoms with Gasteiger partial charge >= 0.3 is 0 Å². The van der Waals surface area contributed by atoms with Crippen molar-refractivity contribution in [1.29, 1.82) is 0 Å². The first-order valence-electron chi connectivity index (χ1n) is 7.93. The molecule has 6 nitrogen and oxygen atoms in total. The number of halogens is 1. The molecule has 0 saturated heterocycles. The Kier molecular flexibility index (Phi) is 9.05. The number of nitrogens with zero attached hydrogens (tertiary/aromatic N) is 2. The maximum Gasteiger partial charge on any atom is 0.222 e. The van der Waals surface area contributed by atoms with Gasteiger partial charge in [0.25, 0.3) is 0 Å². The van der Waals surface area contributed by atoms with Gasteiger partial charge in [0.1, 0.15) is 5.15 Å². The number of hydrogen-bond donors (Lipinski definition) is 3. The number of guanidine groups is 1. The monoisotopic (exact) mass is 339 g/mol. The number of amides is 1. The number of aromatic nitrogens is 1. The molecule has 23 heavy (non-hydrogen) atoms. The van der Waals surface area contributed by atoms with E-state index in [1.165, 1.54) is 0 Å². The van der Waals surface area contributed by atoms with Crippen molar-refractivity contribution in [3.8, 4) is 0 Å². The fourth-order valence-corrected chi connectivity index (χ4v) is 1.88. The summed E-state index contributed by atoms with van der Waals surface area (Å²) in [6, 6.07) is 3.73. The topological polar surface area (TPSA) is 78.4 Å². The summed E-state index contributed by atoms with van der Waals surface area (Å²) < 4.78 is 0. The molecule has 0 spiro atoms. The summed E-state index contributed by atoms with van der Waals surface area (Å²) in [5.41, 5.74) is 1.10. The average Bonchev–Trinajstić information content (AvgIpc) is 2.53. The van der Waals surface area contributed by atoms with E-state index in [9.17, 15) is 4.79 Å². The highest BCUT2D eigenvalue weighted by Crippen LogP contribution is 2.05. The van der Waals surface area contributed by atoms with Gasteiger partial charge in [0.05, 0.1) is 0 Å². The molecule has 0 radical (unpaired) electrons. The number of aliphatic imine (C=N–C) groups is 1. The van der Waals surface area contributed by atoms with Crippen LogP contribution >= 0.6 is 11.6 Å². The molecule has 0 aromatic carbocycles. The smallest absolute Gasteiger partial charge is 0.222 e. The molecule has 1 aromatic heterocycles. The van der Waals surface area contributed by atoms with Crippen LogP contribution in [0.4, 0.5) is 0 Å². The van der Waals surface area contributed by atoms with Gasteiger partial charge < -0.3 is 16.0 Å². The first kappa shape index (κ1) is 19.2. The molecule has 0 aliphatic rings. The molecule has 7 heteroatoms. The predicted molar refractivity (Wildman–Crippen MR) is 94.8 cm³/mol. The van der Waals surface area contributed by atoms with E-state index in [0.29, 0.717) is 24.8 Å². The van der Waals surface area contributed by atoms with E-state index in [1.807, 2.05) is 26.8 Å². The summed E-state index contributed by atoms with van der Waals surface area (Å²) in [5, 5.41) is 9.73. The van der Waals surface area contributed by atoms with Crippen molar-refractivity contribution in [3.05, 3.63) is 29.0 Å². The van der Waals surface area contributed by atoms with Crippen LogP contribution in [-0.4, -0.2) is 43.0 Å². The quantitative estimate of drug-likeness (QED) is 0.291. The molecule has 3 N–H and O–H groups in total. The Morgan fingerprint density at radius 1 is 1.26 bits per heavy atom. The first-order valence-corrected chi connectivity index (χ1v) is 8.31. The Morgan fingerprint density at radius 2 is 2.00 bits per heavy atom. The molecule has 1 aromatic rings. The third kappa shape index (κ3) is 8.40. The van der Waals surface area contributed by atoms with Gasteiger partial charge in [-0.2, -0.15) is 0 Å². The third-order valence-corrected chi connectivity index (χ3v) is 3.27. The van der Waals surface area contributed by atoms with E-state index in [1.54, 1.807) is 12.3 Å². The lowest BCUT2D eigenvalue weighted by Crippen LogP contribution is -2.42. The lowest BCUT2D eigenvalue weighted by atomic mass is 10.2. The van der Waals surface area contributed by atoms with E-state index in [4.69, 9.17) is 11.6 Å². The Hall–Kier alpha value is -1.82. The largest absolute Gasteiger partial charge is 0.357 e. The Labute approximate surface area is 143 Å². The number of carbonyl (C=O) groups excluding carboxylic acids is 1. The van der Waals surface area contributed by atoms with Crippen molar-refractivity contribution in [2.24, 2.45) is 10.9 Å². The molecular formula is C16H26ClN5O. The normalized spacial score (nSPS) is 11.4. The van der Waals surface area contributed by atoms with Crippen LogP contribution in [0.2, 0.25) is 5.15 Å². The summed E-state index contributed by atoms with van der Waals surface area (Å²) in [4.78, 5) is 20.0. The van der Waals surface area contributed by atoms with Crippen molar-refractivity contribution < 1.29 is 4.79 Å². The van der Waals surface area contributed by atoms with E-state index in [0.717, 1.165) is 24.5 Å². The van der Waals surface area contributed by atoms with E-state index in [2.05, 4.69) is 25.9 Å². The van der Waals surface area contributed by atoms with Gasteiger partial charge in [-0.15, -0.1) is 0 Å². The molecule has 128 valence electrons. The highest BCUT2D eigenvalue weighted by molar-refractivity contribution is 6.29. The zero-order chi connectivity index (χ0) is 17.1. The maximum absolute atomic E-state index is 11.5. The number of hydrogen-bond acceptors (Lipinski definition) is 3. The molecule has 1 amide bonds. The van der Waals surface area contributed by atoms with Gasteiger partial charge in [0, 0.05) is 38.3 Å². The van der Waals surface area contributed by atoms with Gasteiger partial charge in [0.2, 0.25) is 5.91 Å². The second kappa shape index (κ2) is 10.8. The Balaban J connectivity index is 2.35. The minimum atomic E-state index is 0.00453. The van der Waals surface area contributed by atoms with Crippen LogP contribution in [0, 0.1) is 5.92 Å². The third-order valence-electron chi connectivity index (χ3n) is 3.04. The fraction of sp³-hybridized carbons (Fsp3) is 0.562. The van der Waals surface area contributed by atoms with Crippen LogP contribution in [0.25, 0.3) is 0 Å². The molecule has 0 unspecified atom stereocenters. The van der Waals surface area contributed by atoms with Crippen LogP contribution in [0.1, 0.15) is 26.3 Å². The molecule has 0 aliphatic heterocycles. The summed E-state index contributed by atoms with van der Waals surface area (Å²) in [6.07, 6.45) is 2.56. The Morgan fingerprint density at radius 3 is 2.61 bits per heavy atom. The predicted octanol–water partition coefficient (Wildman–Crippen LogP) is 1.60. The highest BCUT2D eigenvalue weighted by atomic mass is 35.5. The summed E-state index contributed by atoms with van der Waals surface area (Å²) in [7, 11) is 0. The minimum Gasteiger partial charge on any atom is -0.357 e. The number of rotatable bonds is 8. The molecule has 1 heterocycles.